The third kappa shape index (κ3) is 3.51. The predicted molar refractivity (Wildman–Crippen MR) is 71.7 cm³/mol. The van der Waals surface area contributed by atoms with Crippen LogP contribution >= 0.6 is 0 Å². The molecule has 0 aromatic heterocycles. The van der Waals surface area contributed by atoms with E-state index in [1.165, 1.54) is 12.1 Å². The number of carbonyl (C=O) groups excluding carboxylic acids is 1. The van der Waals surface area contributed by atoms with Gasteiger partial charge in [0.05, 0.1) is 4.92 Å². The first kappa shape index (κ1) is 13.5. The Morgan fingerprint density at radius 1 is 1.42 bits per heavy atom. The molecule has 6 nitrogen and oxygen atoms in total. The SMILES string of the molecule is NC1(CC(=O)Nc2cccc([N+](=O)[O-])c2)CCCC1. The molecule has 1 aromatic carbocycles. The minimum atomic E-state index is -0.489. The van der Waals surface area contributed by atoms with E-state index < -0.39 is 10.5 Å². The molecule has 0 aliphatic heterocycles. The summed E-state index contributed by atoms with van der Waals surface area (Å²) in [6.07, 6.45) is 4.08. The van der Waals surface area contributed by atoms with Crippen molar-refractivity contribution in [1.29, 1.82) is 0 Å². The van der Waals surface area contributed by atoms with Crippen LogP contribution in [-0.2, 0) is 4.79 Å². The quantitative estimate of drug-likeness (QED) is 0.642. The number of nitro benzene ring substituents is 1. The smallest absolute Gasteiger partial charge is 0.271 e. The molecule has 0 unspecified atom stereocenters. The van der Waals surface area contributed by atoms with Crippen LogP contribution < -0.4 is 11.1 Å². The van der Waals surface area contributed by atoms with Crippen molar-refractivity contribution in [3.05, 3.63) is 34.4 Å². The number of anilines is 1. The second-order valence-electron chi connectivity index (χ2n) is 5.10. The van der Waals surface area contributed by atoms with E-state index in [0.29, 0.717) is 5.69 Å². The molecule has 0 heterocycles. The standard InChI is InChI=1S/C13H17N3O3/c14-13(6-1-2-7-13)9-12(17)15-10-4-3-5-11(8-10)16(18)19/h3-5,8H,1-2,6-7,9,14H2,(H,15,17). The molecule has 6 heteroatoms. The van der Waals surface area contributed by atoms with Crippen LogP contribution in [0.2, 0.25) is 0 Å². The van der Waals surface area contributed by atoms with Gasteiger partial charge in [-0.3, -0.25) is 14.9 Å². The van der Waals surface area contributed by atoms with E-state index in [2.05, 4.69) is 5.32 Å². The lowest BCUT2D eigenvalue weighted by molar-refractivity contribution is -0.384. The van der Waals surface area contributed by atoms with Crippen LogP contribution in [0.1, 0.15) is 32.1 Å². The zero-order valence-corrected chi connectivity index (χ0v) is 10.6. The molecule has 1 aromatic rings. The van der Waals surface area contributed by atoms with Crippen LogP contribution in [0.15, 0.2) is 24.3 Å². The van der Waals surface area contributed by atoms with E-state index in [1.807, 2.05) is 0 Å². The first-order valence-corrected chi connectivity index (χ1v) is 6.32. The fraction of sp³-hybridized carbons (Fsp3) is 0.462. The summed E-state index contributed by atoms with van der Waals surface area (Å²) in [5.74, 6) is -0.190. The Labute approximate surface area is 111 Å². The largest absolute Gasteiger partial charge is 0.326 e. The molecule has 0 radical (unpaired) electrons. The molecule has 1 aliphatic carbocycles. The van der Waals surface area contributed by atoms with Gasteiger partial charge in [-0.05, 0) is 18.9 Å². The lowest BCUT2D eigenvalue weighted by atomic mass is 9.94. The number of nitrogens with two attached hydrogens (primary N) is 1. The molecule has 2 rings (SSSR count). The average Bonchev–Trinajstić information content (AvgIpc) is 2.75. The lowest BCUT2D eigenvalue weighted by Crippen LogP contribution is -2.40. The van der Waals surface area contributed by atoms with Gasteiger partial charge in [-0.1, -0.05) is 18.9 Å². The topological polar surface area (TPSA) is 98.3 Å². The zero-order valence-electron chi connectivity index (χ0n) is 10.6. The molecule has 1 amide bonds. The van der Waals surface area contributed by atoms with Gasteiger partial charge < -0.3 is 11.1 Å². The number of carbonyl (C=O) groups is 1. The Hall–Kier alpha value is -1.95. The monoisotopic (exact) mass is 263 g/mol. The third-order valence-electron chi connectivity index (χ3n) is 3.45. The molecular weight excluding hydrogens is 246 g/mol. The van der Waals surface area contributed by atoms with E-state index in [9.17, 15) is 14.9 Å². The van der Waals surface area contributed by atoms with Gasteiger partial charge in [0.2, 0.25) is 5.91 Å². The van der Waals surface area contributed by atoms with E-state index in [-0.39, 0.29) is 18.0 Å². The van der Waals surface area contributed by atoms with E-state index in [4.69, 9.17) is 5.73 Å². The summed E-state index contributed by atoms with van der Waals surface area (Å²) in [6, 6.07) is 5.90. The lowest BCUT2D eigenvalue weighted by Gasteiger charge is -2.22. The summed E-state index contributed by atoms with van der Waals surface area (Å²) in [4.78, 5) is 22.0. The maximum Gasteiger partial charge on any atom is 0.271 e. The highest BCUT2D eigenvalue weighted by atomic mass is 16.6. The first-order valence-electron chi connectivity index (χ1n) is 6.32. The Morgan fingerprint density at radius 2 is 2.11 bits per heavy atom. The van der Waals surface area contributed by atoms with Crippen molar-refractivity contribution in [2.24, 2.45) is 5.73 Å². The van der Waals surface area contributed by atoms with E-state index in [0.717, 1.165) is 25.7 Å². The van der Waals surface area contributed by atoms with Gasteiger partial charge in [0.1, 0.15) is 0 Å². The third-order valence-corrected chi connectivity index (χ3v) is 3.45. The van der Waals surface area contributed by atoms with Gasteiger partial charge in [-0.25, -0.2) is 0 Å². The average molecular weight is 263 g/mol. The highest BCUT2D eigenvalue weighted by molar-refractivity contribution is 5.91. The van der Waals surface area contributed by atoms with Gasteiger partial charge in [-0.2, -0.15) is 0 Å². The number of amides is 1. The van der Waals surface area contributed by atoms with E-state index in [1.54, 1.807) is 12.1 Å². The highest BCUT2D eigenvalue weighted by Crippen LogP contribution is 2.30. The number of hydrogen-bond acceptors (Lipinski definition) is 4. The molecular formula is C13H17N3O3. The van der Waals surface area contributed by atoms with Crippen molar-refractivity contribution in [3.8, 4) is 0 Å². The summed E-state index contributed by atoms with van der Waals surface area (Å²) in [6.45, 7) is 0. The van der Waals surface area contributed by atoms with E-state index >= 15 is 0 Å². The Bertz CT molecular complexity index is 496. The second kappa shape index (κ2) is 5.36. The fourth-order valence-electron chi connectivity index (χ4n) is 2.48. The molecule has 0 saturated heterocycles. The van der Waals surface area contributed by atoms with Crippen molar-refractivity contribution in [2.45, 2.75) is 37.6 Å². The Kier molecular flexibility index (Phi) is 3.80. The molecule has 1 fully saturated rings. The van der Waals surface area contributed by atoms with Gasteiger partial charge >= 0.3 is 0 Å². The van der Waals surface area contributed by atoms with Crippen molar-refractivity contribution < 1.29 is 9.72 Å². The number of non-ortho nitro benzene ring substituents is 1. The molecule has 1 saturated carbocycles. The maximum absolute atomic E-state index is 11.9. The number of nitrogens with one attached hydrogen (secondary N) is 1. The molecule has 3 N–H and O–H groups in total. The zero-order chi connectivity index (χ0) is 13.9. The molecule has 102 valence electrons. The Balaban J connectivity index is 1.98. The molecule has 19 heavy (non-hydrogen) atoms. The predicted octanol–water partition coefficient (Wildman–Crippen LogP) is 2.19. The van der Waals surface area contributed by atoms with Crippen molar-refractivity contribution in [2.75, 3.05) is 5.32 Å². The van der Waals surface area contributed by atoms with Crippen LogP contribution in [0, 0.1) is 10.1 Å². The van der Waals surface area contributed by atoms with Gasteiger partial charge in [0.15, 0.2) is 0 Å². The number of nitro groups is 1. The molecule has 1 aliphatic rings. The Morgan fingerprint density at radius 3 is 2.74 bits per heavy atom. The fourth-order valence-corrected chi connectivity index (χ4v) is 2.48. The maximum atomic E-state index is 11.9. The van der Waals surface area contributed by atoms with Crippen LogP contribution in [0.5, 0.6) is 0 Å². The number of nitrogens with zero attached hydrogens (tertiary/aromatic N) is 1. The summed E-state index contributed by atoms with van der Waals surface area (Å²) < 4.78 is 0. The van der Waals surface area contributed by atoms with Crippen LogP contribution in [-0.4, -0.2) is 16.4 Å². The summed E-state index contributed by atoms with van der Waals surface area (Å²) in [7, 11) is 0. The highest BCUT2D eigenvalue weighted by Gasteiger charge is 2.31. The van der Waals surface area contributed by atoms with Gasteiger partial charge in [-0.15, -0.1) is 0 Å². The number of hydrogen-bond donors (Lipinski definition) is 2. The first-order chi connectivity index (χ1) is 8.98. The minimum absolute atomic E-state index is 0.0406. The summed E-state index contributed by atoms with van der Waals surface area (Å²) >= 11 is 0. The normalized spacial score (nSPS) is 17.1. The van der Waals surface area contributed by atoms with Crippen molar-refractivity contribution in [1.82, 2.24) is 0 Å². The molecule has 0 spiro atoms. The minimum Gasteiger partial charge on any atom is -0.326 e. The van der Waals surface area contributed by atoms with Crippen LogP contribution in [0.4, 0.5) is 11.4 Å². The van der Waals surface area contributed by atoms with Gasteiger partial charge in [0.25, 0.3) is 5.69 Å². The van der Waals surface area contributed by atoms with Crippen LogP contribution in [0.25, 0.3) is 0 Å². The summed E-state index contributed by atoms with van der Waals surface area (Å²) in [5.41, 5.74) is 6.10. The number of benzene rings is 1. The summed E-state index contributed by atoms with van der Waals surface area (Å²) in [5, 5.41) is 13.3. The van der Waals surface area contributed by atoms with Gasteiger partial charge in [0, 0.05) is 29.8 Å². The molecule has 0 atom stereocenters. The van der Waals surface area contributed by atoms with Crippen molar-refractivity contribution >= 4 is 17.3 Å². The molecule has 0 bridgehead atoms. The second-order valence-corrected chi connectivity index (χ2v) is 5.10. The van der Waals surface area contributed by atoms with Crippen molar-refractivity contribution in [3.63, 3.8) is 0 Å². The number of rotatable bonds is 4. The van der Waals surface area contributed by atoms with Crippen LogP contribution in [0.3, 0.4) is 0 Å².